The van der Waals surface area contributed by atoms with Crippen molar-refractivity contribution >= 4 is 11.9 Å². The lowest BCUT2D eigenvalue weighted by Crippen LogP contribution is -2.57. The van der Waals surface area contributed by atoms with Gasteiger partial charge in [0.2, 0.25) is 0 Å². The summed E-state index contributed by atoms with van der Waals surface area (Å²) in [5.41, 5.74) is 11.4. The molecule has 3 aliphatic heterocycles. The van der Waals surface area contributed by atoms with Crippen LogP contribution in [0, 0.1) is 0 Å². The van der Waals surface area contributed by atoms with E-state index in [4.69, 9.17) is 20.9 Å². The monoisotopic (exact) mass is 454 g/mol. The Morgan fingerprint density at radius 2 is 1.66 bits per heavy atom. The van der Waals surface area contributed by atoms with Gasteiger partial charge in [-0.15, -0.1) is 0 Å². The second kappa shape index (κ2) is 8.82. The number of hydrogen-bond donors (Lipinski definition) is 6. The lowest BCUT2D eigenvalue weighted by Gasteiger charge is -2.39. The molecule has 2 fully saturated rings. The molecule has 4 rings (SSSR count). The molecule has 8 atom stereocenters. The molecule has 0 spiro atoms. The molecule has 1 aromatic heterocycles. The minimum absolute atomic E-state index is 0.00300. The normalized spacial score (nSPS) is 37.7. The molecule has 1 aromatic rings. The van der Waals surface area contributed by atoms with Gasteiger partial charge in [0.25, 0.3) is 0 Å². The number of nitrogens with zero attached hydrogens (tertiary/aromatic N) is 4. The third kappa shape index (κ3) is 3.90. The van der Waals surface area contributed by atoms with E-state index < -0.39 is 73.9 Å². The molecule has 32 heavy (non-hydrogen) atoms. The molecule has 2 unspecified atom stereocenters. The first-order valence-electron chi connectivity index (χ1n) is 10.1. The molecule has 3 aliphatic rings. The zero-order chi connectivity index (χ0) is 23.2. The van der Waals surface area contributed by atoms with Gasteiger partial charge in [0, 0.05) is 19.0 Å². The predicted octanol–water partition coefficient (Wildman–Crippen LogP) is -3.49. The van der Waals surface area contributed by atoms with E-state index in [0.717, 1.165) is 9.47 Å². The molecule has 0 aromatic carbocycles. The maximum absolute atomic E-state index is 12.7. The molecule has 8 N–H and O–H groups in total. The van der Waals surface area contributed by atoms with E-state index in [1.165, 1.54) is 12.3 Å². The molecular weight excluding hydrogens is 428 g/mol. The molecule has 0 saturated carbocycles. The molecule has 0 bridgehead atoms. The van der Waals surface area contributed by atoms with Crippen LogP contribution in [0.25, 0.3) is 0 Å². The van der Waals surface area contributed by atoms with E-state index >= 15 is 0 Å². The van der Waals surface area contributed by atoms with Crippen LogP contribution in [0.4, 0.5) is 4.79 Å². The van der Waals surface area contributed by atoms with E-state index in [2.05, 4.69) is 9.98 Å². The summed E-state index contributed by atoms with van der Waals surface area (Å²) < 4.78 is 12.3. The van der Waals surface area contributed by atoms with Crippen LogP contribution in [0.15, 0.2) is 22.1 Å². The molecule has 0 aliphatic carbocycles. The van der Waals surface area contributed by atoms with Crippen LogP contribution in [0.5, 0.6) is 0 Å². The number of urea groups is 1. The minimum atomic E-state index is -1.02. The Labute approximate surface area is 181 Å². The van der Waals surface area contributed by atoms with E-state index in [1.54, 1.807) is 0 Å². The van der Waals surface area contributed by atoms with Crippen molar-refractivity contribution in [3.63, 3.8) is 0 Å². The number of ether oxygens (including phenoxy) is 2. The first kappa shape index (κ1) is 22.7. The quantitative estimate of drug-likeness (QED) is 0.256. The van der Waals surface area contributed by atoms with Gasteiger partial charge in [-0.1, -0.05) is 0 Å². The van der Waals surface area contributed by atoms with Gasteiger partial charge in [-0.05, 0) is 6.07 Å². The van der Waals surface area contributed by atoms with Crippen molar-refractivity contribution in [3.05, 3.63) is 28.4 Å². The van der Waals surface area contributed by atoms with Crippen molar-refractivity contribution in [1.29, 1.82) is 0 Å². The number of aliphatic hydroxyl groups excluding tert-OH is 4. The van der Waals surface area contributed by atoms with Gasteiger partial charge in [0.1, 0.15) is 36.5 Å². The van der Waals surface area contributed by atoms with Crippen molar-refractivity contribution < 1.29 is 34.7 Å². The highest BCUT2D eigenvalue weighted by Gasteiger charge is 2.47. The van der Waals surface area contributed by atoms with Crippen LogP contribution in [0.3, 0.4) is 0 Å². The van der Waals surface area contributed by atoms with Crippen LogP contribution >= 0.6 is 0 Å². The molecular formula is C18H26N6O8. The highest BCUT2D eigenvalue weighted by Crippen LogP contribution is 2.34. The van der Waals surface area contributed by atoms with Crippen LogP contribution in [-0.4, -0.2) is 96.6 Å². The van der Waals surface area contributed by atoms with Crippen LogP contribution in [0.2, 0.25) is 0 Å². The summed E-state index contributed by atoms with van der Waals surface area (Å²) in [7, 11) is 0. The lowest BCUT2D eigenvalue weighted by molar-refractivity contribution is -0.0760. The maximum Gasteiger partial charge on any atom is 0.349 e. The van der Waals surface area contributed by atoms with Crippen molar-refractivity contribution in [2.75, 3.05) is 13.2 Å². The highest BCUT2D eigenvalue weighted by atomic mass is 16.5. The van der Waals surface area contributed by atoms with E-state index in [-0.39, 0.29) is 24.4 Å². The van der Waals surface area contributed by atoms with Crippen LogP contribution in [-0.2, 0) is 9.47 Å². The topological polar surface area (TPSA) is 219 Å². The number of aliphatic hydroxyl groups is 4. The number of hydrogen-bond acceptors (Lipinski definition) is 11. The van der Waals surface area contributed by atoms with Gasteiger partial charge in [-0.25, -0.2) is 9.59 Å². The second-order valence-electron chi connectivity index (χ2n) is 7.97. The fourth-order valence-corrected chi connectivity index (χ4v) is 4.24. The molecule has 2 amide bonds. The average molecular weight is 454 g/mol. The van der Waals surface area contributed by atoms with Crippen molar-refractivity contribution in [2.45, 2.75) is 61.8 Å². The Balaban J connectivity index is 1.65. The fourth-order valence-electron chi connectivity index (χ4n) is 4.24. The third-order valence-electron chi connectivity index (χ3n) is 5.97. The molecule has 2 saturated heterocycles. The number of carbonyl (C=O) groups is 1. The summed E-state index contributed by atoms with van der Waals surface area (Å²) in [6, 6.07) is -1.34. The van der Waals surface area contributed by atoms with Gasteiger partial charge < -0.3 is 41.4 Å². The van der Waals surface area contributed by atoms with E-state index in [0.29, 0.717) is 0 Å². The first-order chi connectivity index (χ1) is 15.2. The standard InChI is InChI=1S/C18H26N6O8/c19-14-15(24(18(30)22-16(14)20)13-4-9(28)11(6-26)32-13)7-1-2-23(17(29)21-7)12-3-8(27)10(5-25)31-12/h1-2,8-15,25-28H,3-6,19H2,(H2,20,22,30)/t8-,9-,10+,11+,12+,13+,14?,15?/m0/s1. The molecule has 4 heterocycles. The van der Waals surface area contributed by atoms with Gasteiger partial charge in [-0.3, -0.25) is 9.47 Å². The predicted molar refractivity (Wildman–Crippen MR) is 106 cm³/mol. The molecule has 14 nitrogen and oxygen atoms in total. The van der Waals surface area contributed by atoms with Crippen molar-refractivity contribution in [3.8, 4) is 0 Å². The Morgan fingerprint density at radius 1 is 1.06 bits per heavy atom. The van der Waals surface area contributed by atoms with Crippen molar-refractivity contribution in [2.24, 2.45) is 16.5 Å². The number of aromatic nitrogens is 2. The number of nitrogens with two attached hydrogens (primary N) is 2. The number of aliphatic imine (C=N–C) groups is 1. The number of amides is 2. The Bertz CT molecular complexity index is 956. The van der Waals surface area contributed by atoms with Gasteiger partial charge in [0.15, 0.2) is 0 Å². The maximum atomic E-state index is 12.7. The largest absolute Gasteiger partial charge is 0.394 e. The van der Waals surface area contributed by atoms with E-state index in [1.807, 2.05) is 0 Å². The number of carbonyl (C=O) groups excluding carboxylic acids is 1. The van der Waals surface area contributed by atoms with Crippen LogP contribution in [0.1, 0.15) is 30.8 Å². The number of amidine groups is 1. The van der Waals surface area contributed by atoms with Gasteiger partial charge >= 0.3 is 11.7 Å². The fraction of sp³-hybridized carbons (Fsp3) is 0.667. The summed E-state index contributed by atoms with van der Waals surface area (Å²) in [6.07, 6.45) is -3.95. The summed E-state index contributed by atoms with van der Waals surface area (Å²) in [4.78, 5) is 34.3. The minimum Gasteiger partial charge on any atom is -0.394 e. The average Bonchev–Trinajstić information content (AvgIpc) is 3.31. The van der Waals surface area contributed by atoms with Gasteiger partial charge in [-0.2, -0.15) is 9.98 Å². The Hall–Kier alpha value is -2.46. The van der Waals surface area contributed by atoms with Gasteiger partial charge in [0.05, 0.1) is 37.2 Å². The number of rotatable bonds is 5. The smallest absolute Gasteiger partial charge is 0.349 e. The highest BCUT2D eigenvalue weighted by molar-refractivity contribution is 5.99. The second-order valence-corrected chi connectivity index (χ2v) is 7.97. The first-order valence-corrected chi connectivity index (χ1v) is 10.1. The van der Waals surface area contributed by atoms with E-state index in [9.17, 15) is 30.0 Å². The Morgan fingerprint density at radius 3 is 2.22 bits per heavy atom. The Kier molecular flexibility index (Phi) is 6.26. The summed E-state index contributed by atoms with van der Waals surface area (Å²) in [5, 5.41) is 38.6. The SMILES string of the molecule is NC1=NC(=O)N([C@H]2C[C@H](O)[C@@H](CO)O2)C(c2ccn([C@H]3C[C@H](O)[C@@H](CO)O3)c(=O)n2)C1N. The summed E-state index contributed by atoms with van der Waals surface area (Å²) >= 11 is 0. The zero-order valence-corrected chi connectivity index (χ0v) is 17.0. The zero-order valence-electron chi connectivity index (χ0n) is 17.0. The molecule has 14 heteroatoms. The lowest BCUT2D eigenvalue weighted by atomic mass is 9.99. The molecule has 0 radical (unpaired) electrons. The third-order valence-corrected chi connectivity index (χ3v) is 5.97. The summed E-state index contributed by atoms with van der Waals surface area (Å²) in [5.74, 6) is -0.146. The molecule has 176 valence electrons. The van der Waals surface area contributed by atoms with Crippen molar-refractivity contribution in [1.82, 2.24) is 14.5 Å². The van der Waals surface area contributed by atoms with Crippen LogP contribution < -0.4 is 17.2 Å². The summed E-state index contributed by atoms with van der Waals surface area (Å²) in [6.45, 7) is -0.842.